The molecule has 0 N–H and O–H groups in total. The highest BCUT2D eigenvalue weighted by molar-refractivity contribution is 4.94. The molecule has 0 aromatic carbocycles. The van der Waals surface area contributed by atoms with Crippen LogP contribution in [0.1, 0.15) is 40.0 Å². The zero-order valence-electron chi connectivity index (χ0n) is 10.3. The van der Waals surface area contributed by atoms with Crippen LogP contribution < -0.4 is 0 Å². The Bertz CT molecular complexity index is 215. The van der Waals surface area contributed by atoms with Crippen LogP contribution in [0.3, 0.4) is 0 Å². The molecule has 0 heterocycles. The molecule has 0 aromatic heterocycles. The number of nitrogens with zero attached hydrogens (tertiary/aromatic N) is 1. The summed E-state index contributed by atoms with van der Waals surface area (Å²) >= 11 is 0. The summed E-state index contributed by atoms with van der Waals surface area (Å²) in [7, 11) is 0. The van der Waals surface area contributed by atoms with Gasteiger partial charge in [-0.25, -0.2) is 0 Å². The molecule has 2 heteroatoms. The van der Waals surface area contributed by atoms with Crippen LogP contribution in [0.4, 0.5) is 0 Å². The van der Waals surface area contributed by atoms with Crippen molar-refractivity contribution in [3.63, 3.8) is 0 Å². The third-order valence-corrected chi connectivity index (χ3v) is 2.46. The molecule has 2 nitrogen and oxygen atoms in total. The van der Waals surface area contributed by atoms with E-state index in [9.17, 15) is 0 Å². The van der Waals surface area contributed by atoms with Gasteiger partial charge in [0.1, 0.15) is 0 Å². The summed E-state index contributed by atoms with van der Waals surface area (Å²) in [4.78, 5) is 0. The molecule has 0 spiro atoms. The third-order valence-electron chi connectivity index (χ3n) is 2.46. The van der Waals surface area contributed by atoms with E-state index in [0.717, 1.165) is 12.0 Å². The van der Waals surface area contributed by atoms with Crippen LogP contribution in [0, 0.1) is 23.2 Å². The Morgan fingerprint density at radius 2 is 2.13 bits per heavy atom. The maximum Gasteiger partial charge on any atom is 0.0720 e. The topological polar surface area (TPSA) is 33.0 Å². The summed E-state index contributed by atoms with van der Waals surface area (Å²) in [6, 6.07) is 2.26. The second-order valence-corrected chi connectivity index (χ2v) is 4.35. The molecule has 0 aliphatic rings. The van der Waals surface area contributed by atoms with E-state index in [1.807, 2.05) is 13.8 Å². The first kappa shape index (κ1) is 14.2. The van der Waals surface area contributed by atoms with Crippen molar-refractivity contribution < 1.29 is 4.74 Å². The lowest BCUT2D eigenvalue weighted by molar-refractivity contribution is 0.118. The highest BCUT2D eigenvalue weighted by atomic mass is 16.5. The highest BCUT2D eigenvalue weighted by Crippen LogP contribution is 2.11. The van der Waals surface area contributed by atoms with Crippen molar-refractivity contribution in [1.29, 1.82) is 5.26 Å². The van der Waals surface area contributed by atoms with Crippen LogP contribution in [-0.4, -0.2) is 13.2 Å². The monoisotopic (exact) mass is 209 g/mol. The second kappa shape index (κ2) is 8.49. The van der Waals surface area contributed by atoms with E-state index in [2.05, 4.69) is 19.6 Å². The van der Waals surface area contributed by atoms with Gasteiger partial charge in [0.15, 0.2) is 0 Å². The lowest BCUT2D eigenvalue weighted by Gasteiger charge is -2.13. The first-order valence-electron chi connectivity index (χ1n) is 5.75. The Labute approximate surface area is 93.9 Å². The summed E-state index contributed by atoms with van der Waals surface area (Å²) in [6.45, 7) is 11.3. The van der Waals surface area contributed by atoms with Crippen molar-refractivity contribution >= 4 is 0 Å². The molecule has 0 saturated heterocycles. The van der Waals surface area contributed by atoms with Gasteiger partial charge in [0, 0.05) is 0 Å². The first-order chi connectivity index (χ1) is 7.11. The van der Waals surface area contributed by atoms with Crippen molar-refractivity contribution in [3.05, 3.63) is 12.2 Å². The zero-order valence-corrected chi connectivity index (χ0v) is 10.3. The van der Waals surface area contributed by atoms with Crippen LogP contribution in [0.5, 0.6) is 0 Å². The van der Waals surface area contributed by atoms with Crippen molar-refractivity contribution in [1.82, 2.24) is 0 Å². The molecule has 0 saturated carbocycles. The summed E-state index contributed by atoms with van der Waals surface area (Å²) in [5, 5.41) is 8.85. The Hall–Kier alpha value is -0.810. The van der Waals surface area contributed by atoms with Gasteiger partial charge < -0.3 is 4.74 Å². The van der Waals surface area contributed by atoms with E-state index >= 15 is 0 Å². The van der Waals surface area contributed by atoms with Crippen molar-refractivity contribution in [2.75, 3.05) is 13.2 Å². The quantitative estimate of drug-likeness (QED) is 0.573. The largest absolute Gasteiger partial charge is 0.376 e. The molecule has 0 bridgehead atoms. The number of hydrogen-bond acceptors (Lipinski definition) is 2. The van der Waals surface area contributed by atoms with E-state index in [0.29, 0.717) is 19.1 Å². The molecular weight excluding hydrogens is 186 g/mol. The van der Waals surface area contributed by atoms with E-state index in [1.54, 1.807) is 0 Å². The summed E-state index contributed by atoms with van der Waals surface area (Å²) in [6.07, 6.45) is 3.40. The maximum atomic E-state index is 8.85. The number of hydrogen-bond donors (Lipinski definition) is 0. The fourth-order valence-electron chi connectivity index (χ4n) is 1.21. The fraction of sp³-hybridized carbons (Fsp3) is 0.769. The standard InChI is InChI=1S/C13H23NO/c1-5-6-7-12(4)9-15-10-13(8-14)11(2)3/h11,13H,4-7,9-10H2,1-3H3. The molecule has 0 radical (unpaired) electrons. The van der Waals surface area contributed by atoms with Gasteiger partial charge in [-0.15, -0.1) is 0 Å². The highest BCUT2D eigenvalue weighted by Gasteiger charge is 2.12. The van der Waals surface area contributed by atoms with Gasteiger partial charge in [-0.3, -0.25) is 0 Å². The normalized spacial score (nSPS) is 12.5. The Morgan fingerprint density at radius 1 is 1.47 bits per heavy atom. The molecule has 0 fully saturated rings. The van der Waals surface area contributed by atoms with Crippen molar-refractivity contribution in [3.8, 4) is 6.07 Å². The number of ether oxygens (including phenoxy) is 1. The predicted octanol–water partition coefficient (Wildman–Crippen LogP) is 3.55. The van der Waals surface area contributed by atoms with E-state index < -0.39 is 0 Å². The minimum absolute atomic E-state index is 0.00368. The molecule has 0 aliphatic heterocycles. The average Bonchev–Trinajstić information content (AvgIpc) is 2.20. The molecule has 0 rings (SSSR count). The van der Waals surface area contributed by atoms with Gasteiger partial charge in [-0.05, 0) is 18.8 Å². The molecule has 1 atom stereocenters. The first-order valence-corrected chi connectivity index (χ1v) is 5.75. The van der Waals surface area contributed by atoms with Gasteiger partial charge in [-0.2, -0.15) is 5.26 Å². The van der Waals surface area contributed by atoms with Crippen LogP contribution in [0.15, 0.2) is 12.2 Å². The fourth-order valence-corrected chi connectivity index (χ4v) is 1.21. The summed E-state index contributed by atoms with van der Waals surface area (Å²) < 4.78 is 5.48. The molecule has 15 heavy (non-hydrogen) atoms. The summed E-state index contributed by atoms with van der Waals surface area (Å²) in [5.41, 5.74) is 1.14. The van der Waals surface area contributed by atoms with Gasteiger partial charge in [0.25, 0.3) is 0 Å². The smallest absolute Gasteiger partial charge is 0.0720 e. The molecule has 1 unspecified atom stereocenters. The van der Waals surface area contributed by atoms with Gasteiger partial charge in [-0.1, -0.05) is 39.3 Å². The minimum Gasteiger partial charge on any atom is -0.376 e. The number of nitriles is 1. The number of unbranched alkanes of at least 4 members (excludes halogenated alkanes) is 1. The van der Waals surface area contributed by atoms with Gasteiger partial charge in [0.2, 0.25) is 0 Å². The molecule has 0 aliphatic carbocycles. The molecular formula is C13H23NO. The predicted molar refractivity (Wildman–Crippen MR) is 63.4 cm³/mol. The second-order valence-electron chi connectivity index (χ2n) is 4.35. The Balaban J connectivity index is 3.60. The Morgan fingerprint density at radius 3 is 2.60 bits per heavy atom. The van der Waals surface area contributed by atoms with E-state index in [1.165, 1.54) is 12.8 Å². The van der Waals surface area contributed by atoms with E-state index in [-0.39, 0.29) is 5.92 Å². The maximum absolute atomic E-state index is 8.85. The molecule has 0 amide bonds. The number of rotatable bonds is 8. The minimum atomic E-state index is 0.00368. The molecule has 86 valence electrons. The summed E-state index contributed by atoms with van der Waals surface area (Å²) in [5.74, 6) is 0.364. The molecule has 0 aromatic rings. The van der Waals surface area contributed by atoms with Crippen molar-refractivity contribution in [2.45, 2.75) is 40.0 Å². The van der Waals surface area contributed by atoms with Crippen LogP contribution in [-0.2, 0) is 4.74 Å². The SMILES string of the molecule is C=C(CCCC)COCC(C#N)C(C)C. The third kappa shape index (κ3) is 7.16. The van der Waals surface area contributed by atoms with Crippen LogP contribution >= 0.6 is 0 Å². The zero-order chi connectivity index (χ0) is 11.7. The lowest BCUT2D eigenvalue weighted by atomic mass is 9.99. The van der Waals surface area contributed by atoms with Gasteiger partial charge >= 0.3 is 0 Å². The lowest BCUT2D eigenvalue weighted by Crippen LogP contribution is -2.14. The van der Waals surface area contributed by atoms with E-state index in [4.69, 9.17) is 10.00 Å². The average molecular weight is 209 g/mol. The van der Waals surface area contributed by atoms with Gasteiger partial charge in [0.05, 0.1) is 25.2 Å². The van der Waals surface area contributed by atoms with Crippen molar-refractivity contribution in [2.24, 2.45) is 11.8 Å². The van der Waals surface area contributed by atoms with Crippen LogP contribution in [0.2, 0.25) is 0 Å². The van der Waals surface area contributed by atoms with Crippen LogP contribution in [0.25, 0.3) is 0 Å². The Kier molecular flexibility index (Phi) is 8.04.